The number of fused-ring (bicyclic) bond motifs is 1. The summed E-state index contributed by atoms with van der Waals surface area (Å²) in [6.07, 6.45) is 1.77. The maximum Gasteiger partial charge on any atom is 0.270 e. The highest BCUT2D eigenvalue weighted by molar-refractivity contribution is 7.87. The van der Waals surface area contributed by atoms with Crippen molar-refractivity contribution >= 4 is 10.1 Å². The Morgan fingerprint density at radius 2 is 2.22 bits per heavy atom. The molecule has 0 spiro atoms. The van der Waals surface area contributed by atoms with Crippen LogP contribution < -0.4 is 0 Å². The molecule has 1 aliphatic heterocycles. The molecule has 1 saturated heterocycles. The molecule has 1 heterocycles. The highest BCUT2D eigenvalue weighted by atomic mass is 32.2. The second kappa shape index (κ2) is 1.49. The van der Waals surface area contributed by atoms with Crippen molar-refractivity contribution in [1.29, 1.82) is 0 Å². The van der Waals surface area contributed by atoms with Gasteiger partial charge in [-0.25, -0.2) is 0 Å². The van der Waals surface area contributed by atoms with Crippen LogP contribution in [0.15, 0.2) is 0 Å². The maximum absolute atomic E-state index is 10.8. The van der Waals surface area contributed by atoms with Crippen molar-refractivity contribution in [2.24, 2.45) is 5.92 Å². The molecule has 0 bridgehead atoms. The molecule has 2 rings (SSSR count). The van der Waals surface area contributed by atoms with Crippen LogP contribution in [0.25, 0.3) is 0 Å². The fourth-order valence-electron chi connectivity index (χ4n) is 1.28. The van der Waals surface area contributed by atoms with Crippen molar-refractivity contribution in [1.82, 2.24) is 0 Å². The molecular weight excluding hydrogens is 140 g/mol. The van der Waals surface area contributed by atoms with Gasteiger partial charge in [0.15, 0.2) is 0 Å². The van der Waals surface area contributed by atoms with E-state index >= 15 is 0 Å². The van der Waals surface area contributed by atoms with E-state index in [0.29, 0.717) is 12.5 Å². The van der Waals surface area contributed by atoms with Crippen LogP contribution in [0.5, 0.6) is 0 Å². The molecule has 3 nitrogen and oxygen atoms in total. The first-order valence-corrected chi connectivity index (χ1v) is 4.55. The van der Waals surface area contributed by atoms with Gasteiger partial charge in [-0.05, 0) is 18.8 Å². The van der Waals surface area contributed by atoms with E-state index in [4.69, 9.17) is 0 Å². The molecule has 1 saturated carbocycles. The first-order chi connectivity index (χ1) is 4.20. The average Bonchev–Trinajstić information content (AvgIpc) is 2.43. The molecule has 2 aliphatic rings. The van der Waals surface area contributed by atoms with Crippen LogP contribution in [0.4, 0.5) is 0 Å². The van der Waals surface area contributed by atoms with Gasteiger partial charge >= 0.3 is 0 Å². The Morgan fingerprint density at radius 3 is 2.78 bits per heavy atom. The summed E-state index contributed by atoms with van der Waals surface area (Å²) in [4.78, 5) is 0. The molecule has 0 aromatic rings. The van der Waals surface area contributed by atoms with Crippen molar-refractivity contribution in [3.63, 3.8) is 0 Å². The summed E-state index contributed by atoms with van der Waals surface area (Å²) >= 11 is 0. The Balaban J connectivity index is 2.28. The highest BCUT2D eigenvalue weighted by Gasteiger charge is 2.50. The standard InChI is InChI=1S/C5H8O3S/c6-9(7)5-3-4(5)1-2-8-9/h4-5H,1-3H2. The van der Waals surface area contributed by atoms with E-state index in [0.717, 1.165) is 12.8 Å². The van der Waals surface area contributed by atoms with Gasteiger partial charge in [0.2, 0.25) is 0 Å². The van der Waals surface area contributed by atoms with E-state index < -0.39 is 10.1 Å². The smallest absolute Gasteiger partial charge is 0.270 e. The zero-order valence-corrected chi connectivity index (χ0v) is 5.73. The Kier molecular flexibility index (Phi) is 0.941. The molecule has 0 radical (unpaired) electrons. The van der Waals surface area contributed by atoms with Crippen molar-refractivity contribution in [3.8, 4) is 0 Å². The molecule has 0 aromatic carbocycles. The van der Waals surface area contributed by atoms with Crippen molar-refractivity contribution in [2.75, 3.05) is 6.61 Å². The summed E-state index contributed by atoms with van der Waals surface area (Å²) in [6.45, 7) is 0.406. The largest absolute Gasteiger partial charge is 0.270 e. The van der Waals surface area contributed by atoms with Gasteiger partial charge in [-0.1, -0.05) is 0 Å². The molecule has 0 aromatic heterocycles. The SMILES string of the molecule is O=S1(=O)OCCC2CC21. The third-order valence-electron chi connectivity index (χ3n) is 1.96. The van der Waals surface area contributed by atoms with Gasteiger partial charge in [0.1, 0.15) is 0 Å². The summed E-state index contributed by atoms with van der Waals surface area (Å²) < 4.78 is 26.2. The van der Waals surface area contributed by atoms with Crippen LogP contribution in [0.1, 0.15) is 12.8 Å². The Bertz CT molecular complexity index is 218. The molecule has 0 N–H and O–H groups in total. The number of rotatable bonds is 0. The van der Waals surface area contributed by atoms with E-state index in [1.807, 2.05) is 0 Å². The van der Waals surface area contributed by atoms with Crippen molar-refractivity contribution in [3.05, 3.63) is 0 Å². The summed E-state index contributed by atoms with van der Waals surface area (Å²) in [5, 5.41) is -0.133. The zero-order chi connectivity index (χ0) is 6.48. The molecule has 2 unspecified atom stereocenters. The van der Waals surface area contributed by atoms with Gasteiger partial charge in [-0.2, -0.15) is 8.42 Å². The predicted octanol–water partition coefficient (Wildman–Crippen LogP) is 0.125. The first-order valence-electron chi connectivity index (χ1n) is 3.08. The minimum Gasteiger partial charge on any atom is -0.270 e. The molecule has 1 aliphatic carbocycles. The molecule has 2 fully saturated rings. The van der Waals surface area contributed by atoms with Gasteiger partial charge < -0.3 is 0 Å². The number of hydrogen-bond donors (Lipinski definition) is 0. The third kappa shape index (κ3) is 0.773. The summed E-state index contributed by atoms with van der Waals surface area (Å²) in [5.41, 5.74) is 0. The lowest BCUT2D eigenvalue weighted by atomic mass is 10.3. The number of hydrogen-bond acceptors (Lipinski definition) is 3. The Hall–Kier alpha value is -0.0900. The third-order valence-corrected chi connectivity index (χ3v) is 3.78. The Morgan fingerprint density at radius 1 is 1.44 bits per heavy atom. The lowest BCUT2D eigenvalue weighted by molar-refractivity contribution is 0.287. The monoisotopic (exact) mass is 148 g/mol. The molecular formula is C5H8O3S. The minimum atomic E-state index is -3.09. The van der Waals surface area contributed by atoms with Crippen LogP contribution >= 0.6 is 0 Å². The van der Waals surface area contributed by atoms with Gasteiger partial charge in [-0.3, -0.25) is 4.18 Å². The maximum atomic E-state index is 10.8. The van der Waals surface area contributed by atoms with Crippen LogP contribution in [0.3, 0.4) is 0 Å². The molecule has 2 atom stereocenters. The lowest BCUT2D eigenvalue weighted by Crippen LogP contribution is -2.19. The lowest BCUT2D eigenvalue weighted by Gasteiger charge is -2.08. The van der Waals surface area contributed by atoms with E-state index in [9.17, 15) is 8.42 Å². The molecule has 0 amide bonds. The predicted molar refractivity (Wildman–Crippen MR) is 31.4 cm³/mol. The van der Waals surface area contributed by atoms with E-state index in [2.05, 4.69) is 4.18 Å². The minimum absolute atomic E-state index is 0.133. The normalized spacial score (nSPS) is 45.8. The van der Waals surface area contributed by atoms with Crippen molar-refractivity contribution < 1.29 is 12.6 Å². The Labute approximate surface area is 54.1 Å². The van der Waals surface area contributed by atoms with Gasteiger partial charge in [0.25, 0.3) is 10.1 Å². The summed E-state index contributed by atoms with van der Waals surface area (Å²) in [6, 6.07) is 0. The first kappa shape index (κ1) is 5.68. The van der Waals surface area contributed by atoms with Crippen LogP contribution in [0, 0.1) is 5.92 Å². The van der Waals surface area contributed by atoms with Gasteiger partial charge in [-0.15, -0.1) is 0 Å². The summed E-state index contributed by atoms with van der Waals surface area (Å²) in [5.74, 6) is 0.434. The topological polar surface area (TPSA) is 43.4 Å². The average molecular weight is 148 g/mol. The van der Waals surface area contributed by atoms with Gasteiger partial charge in [0.05, 0.1) is 11.9 Å². The van der Waals surface area contributed by atoms with E-state index in [1.165, 1.54) is 0 Å². The van der Waals surface area contributed by atoms with E-state index in [1.54, 1.807) is 0 Å². The quantitative estimate of drug-likeness (QED) is 0.458. The van der Waals surface area contributed by atoms with Crippen LogP contribution in [-0.2, 0) is 14.3 Å². The highest BCUT2D eigenvalue weighted by Crippen LogP contribution is 2.43. The fourth-order valence-corrected chi connectivity index (χ4v) is 2.87. The van der Waals surface area contributed by atoms with Crippen LogP contribution in [-0.4, -0.2) is 20.3 Å². The zero-order valence-electron chi connectivity index (χ0n) is 4.91. The van der Waals surface area contributed by atoms with E-state index in [-0.39, 0.29) is 5.25 Å². The van der Waals surface area contributed by atoms with Crippen molar-refractivity contribution in [2.45, 2.75) is 18.1 Å². The van der Waals surface area contributed by atoms with Crippen LogP contribution in [0.2, 0.25) is 0 Å². The second-order valence-corrected chi connectivity index (χ2v) is 4.46. The molecule has 4 heteroatoms. The second-order valence-electron chi connectivity index (χ2n) is 2.64. The molecule has 9 heavy (non-hydrogen) atoms. The molecule has 52 valence electrons. The van der Waals surface area contributed by atoms with Gasteiger partial charge in [0, 0.05) is 0 Å². The summed E-state index contributed by atoms with van der Waals surface area (Å²) in [7, 11) is -3.09. The fraction of sp³-hybridized carbons (Fsp3) is 1.00.